The van der Waals surface area contributed by atoms with Crippen molar-refractivity contribution >= 4 is 48.9 Å². The minimum absolute atomic E-state index is 0.593. The smallest absolute Gasteiger partial charge is 0.0969 e. The fourth-order valence-corrected chi connectivity index (χ4v) is 3.15. The predicted octanol–water partition coefficient (Wildman–Crippen LogP) is 4.27. The zero-order valence-electron chi connectivity index (χ0n) is 8.18. The highest BCUT2D eigenvalue weighted by atomic mass is 79.9. The second kappa shape index (κ2) is 5.69. The van der Waals surface area contributed by atoms with Gasteiger partial charge < -0.3 is 5.73 Å². The molecule has 15 heavy (non-hydrogen) atoms. The molecular formula is C10H10Br2N2S. The fraction of sp³-hybridized carbons (Fsp3) is 0.300. The third-order valence-corrected chi connectivity index (χ3v) is 5.16. The van der Waals surface area contributed by atoms with Gasteiger partial charge in [0.2, 0.25) is 0 Å². The van der Waals surface area contributed by atoms with Crippen molar-refractivity contribution in [1.82, 2.24) is 0 Å². The number of nitrogens with two attached hydrogens (primary N) is 1. The van der Waals surface area contributed by atoms with Gasteiger partial charge in [-0.15, -0.1) is 11.3 Å². The van der Waals surface area contributed by atoms with Gasteiger partial charge in [0.1, 0.15) is 0 Å². The van der Waals surface area contributed by atoms with Gasteiger partial charge in [0.05, 0.1) is 26.0 Å². The van der Waals surface area contributed by atoms with Crippen molar-refractivity contribution in [3.63, 3.8) is 0 Å². The Balaban J connectivity index is 3.11. The molecule has 0 spiro atoms. The third kappa shape index (κ3) is 3.07. The first kappa shape index (κ1) is 12.8. The number of halogens is 2. The summed E-state index contributed by atoms with van der Waals surface area (Å²) in [4.78, 5) is 0.929. The molecule has 80 valence electrons. The van der Waals surface area contributed by atoms with E-state index in [0.717, 1.165) is 26.0 Å². The van der Waals surface area contributed by atoms with E-state index in [-0.39, 0.29) is 0 Å². The Hall–Kier alpha value is -0.310. The number of thiophene rings is 1. The topological polar surface area (TPSA) is 49.8 Å². The van der Waals surface area contributed by atoms with Gasteiger partial charge in [-0.05, 0) is 44.3 Å². The van der Waals surface area contributed by atoms with Crippen LogP contribution in [0.4, 0.5) is 0 Å². The molecular weight excluding hydrogens is 340 g/mol. The number of allylic oxidation sites excluding steroid dienone is 1. The van der Waals surface area contributed by atoms with E-state index in [1.165, 1.54) is 11.3 Å². The van der Waals surface area contributed by atoms with E-state index in [4.69, 9.17) is 11.0 Å². The minimum Gasteiger partial charge on any atom is -0.397 e. The highest BCUT2D eigenvalue weighted by molar-refractivity contribution is 9.13. The monoisotopic (exact) mass is 348 g/mol. The van der Waals surface area contributed by atoms with E-state index in [1.807, 2.05) is 13.0 Å². The lowest BCUT2D eigenvalue weighted by Gasteiger charge is -2.01. The van der Waals surface area contributed by atoms with Crippen molar-refractivity contribution in [3.05, 3.63) is 24.8 Å². The highest BCUT2D eigenvalue weighted by Gasteiger charge is 2.10. The van der Waals surface area contributed by atoms with Crippen molar-refractivity contribution in [2.75, 3.05) is 0 Å². The molecule has 1 rings (SSSR count). The van der Waals surface area contributed by atoms with E-state index in [1.54, 1.807) is 0 Å². The maximum atomic E-state index is 8.96. The quantitative estimate of drug-likeness (QED) is 0.828. The first-order chi connectivity index (χ1) is 7.10. The number of nitriles is 1. The molecule has 0 saturated carbocycles. The molecule has 0 aliphatic rings. The first-order valence-electron chi connectivity index (χ1n) is 4.44. The van der Waals surface area contributed by atoms with Crippen LogP contribution in [0.1, 0.15) is 24.6 Å². The Morgan fingerprint density at radius 3 is 2.67 bits per heavy atom. The van der Waals surface area contributed by atoms with E-state index in [9.17, 15) is 0 Å². The molecule has 0 aliphatic carbocycles. The van der Waals surface area contributed by atoms with Crippen LogP contribution >= 0.6 is 43.2 Å². The summed E-state index contributed by atoms with van der Waals surface area (Å²) in [6.07, 6.45) is 1.66. The average molecular weight is 350 g/mol. The highest BCUT2D eigenvalue weighted by Crippen LogP contribution is 2.35. The van der Waals surface area contributed by atoms with Crippen molar-refractivity contribution in [2.24, 2.45) is 5.73 Å². The Labute approximate surface area is 110 Å². The fourth-order valence-electron chi connectivity index (χ4n) is 1.13. The lowest BCUT2D eigenvalue weighted by Crippen LogP contribution is -1.98. The number of nitrogens with zero attached hydrogens (tertiary/aromatic N) is 1. The van der Waals surface area contributed by atoms with E-state index in [0.29, 0.717) is 11.3 Å². The molecule has 1 aromatic rings. The Morgan fingerprint density at radius 2 is 2.27 bits per heavy atom. The number of hydrogen-bond donors (Lipinski definition) is 1. The molecule has 0 aromatic carbocycles. The van der Waals surface area contributed by atoms with E-state index in [2.05, 4.69) is 37.9 Å². The summed E-state index contributed by atoms with van der Waals surface area (Å²) >= 11 is 8.33. The van der Waals surface area contributed by atoms with E-state index < -0.39 is 0 Å². The Morgan fingerprint density at radius 1 is 1.60 bits per heavy atom. The summed E-state index contributed by atoms with van der Waals surface area (Å²) in [5.41, 5.74) is 7.20. The van der Waals surface area contributed by atoms with Gasteiger partial charge >= 0.3 is 0 Å². The molecule has 0 fully saturated rings. The zero-order valence-corrected chi connectivity index (χ0v) is 12.2. The molecule has 1 aromatic heterocycles. The van der Waals surface area contributed by atoms with Crippen LogP contribution in [-0.2, 0) is 0 Å². The van der Waals surface area contributed by atoms with Crippen LogP contribution in [-0.4, -0.2) is 0 Å². The van der Waals surface area contributed by atoms with Gasteiger partial charge in [-0.25, -0.2) is 0 Å². The van der Waals surface area contributed by atoms with E-state index >= 15 is 0 Å². The van der Waals surface area contributed by atoms with Crippen molar-refractivity contribution in [3.8, 4) is 6.07 Å². The van der Waals surface area contributed by atoms with Gasteiger partial charge in [0.25, 0.3) is 0 Å². The van der Waals surface area contributed by atoms with Crippen LogP contribution in [0.5, 0.6) is 0 Å². The first-order valence-corrected chi connectivity index (χ1v) is 6.84. The summed E-state index contributed by atoms with van der Waals surface area (Å²) < 4.78 is 1.97. The predicted molar refractivity (Wildman–Crippen MR) is 71.3 cm³/mol. The van der Waals surface area contributed by atoms with Gasteiger partial charge in [0.15, 0.2) is 0 Å². The van der Waals surface area contributed by atoms with Crippen molar-refractivity contribution < 1.29 is 0 Å². The Bertz CT molecular complexity index is 410. The molecule has 0 saturated heterocycles. The average Bonchev–Trinajstić information content (AvgIpc) is 2.55. The normalized spacial score (nSPS) is 12.1. The van der Waals surface area contributed by atoms with Crippen LogP contribution in [0.25, 0.3) is 5.70 Å². The number of hydrogen-bond acceptors (Lipinski definition) is 3. The van der Waals surface area contributed by atoms with Gasteiger partial charge in [-0.3, -0.25) is 0 Å². The van der Waals surface area contributed by atoms with Crippen molar-refractivity contribution in [2.45, 2.75) is 19.8 Å². The molecule has 2 nitrogen and oxygen atoms in total. The summed E-state index contributed by atoms with van der Waals surface area (Å²) in [7, 11) is 0. The van der Waals surface area contributed by atoms with Crippen molar-refractivity contribution in [1.29, 1.82) is 5.26 Å². The molecule has 0 amide bonds. The maximum absolute atomic E-state index is 8.96. The second-order valence-electron chi connectivity index (χ2n) is 2.99. The lowest BCUT2D eigenvalue weighted by molar-refractivity contribution is 0.929. The molecule has 0 bridgehead atoms. The van der Waals surface area contributed by atoms with Gasteiger partial charge in [-0.1, -0.05) is 13.3 Å². The third-order valence-electron chi connectivity index (χ3n) is 1.87. The molecule has 0 aliphatic heterocycles. The molecule has 5 heteroatoms. The zero-order chi connectivity index (χ0) is 11.4. The molecule has 0 unspecified atom stereocenters. The van der Waals surface area contributed by atoms with Gasteiger partial charge in [-0.2, -0.15) is 5.26 Å². The van der Waals surface area contributed by atoms with Crippen LogP contribution in [0.2, 0.25) is 0 Å². The molecule has 1 heterocycles. The summed E-state index contributed by atoms with van der Waals surface area (Å²) in [6, 6.07) is 4.09. The number of rotatable bonds is 3. The standard InChI is InChI=1S/C10H10Br2N2S/c1-2-3-6(5-13)9(14)8-4-7(11)10(12)15-8/h4H,2-3,14H2,1H3. The summed E-state index contributed by atoms with van der Waals surface area (Å²) in [5.74, 6) is 0. The second-order valence-corrected chi connectivity index (χ2v) is 6.21. The van der Waals surface area contributed by atoms with Crippen LogP contribution in [0.3, 0.4) is 0 Å². The largest absolute Gasteiger partial charge is 0.397 e. The lowest BCUT2D eigenvalue weighted by atomic mass is 10.1. The molecule has 0 atom stereocenters. The van der Waals surface area contributed by atoms with Crippen LogP contribution in [0.15, 0.2) is 19.9 Å². The van der Waals surface area contributed by atoms with Crippen LogP contribution < -0.4 is 5.73 Å². The summed E-state index contributed by atoms with van der Waals surface area (Å²) in [5, 5.41) is 8.96. The SMILES string of the molecule is CCCC(C#N)=C(N)c1cc(Br)c(Br)s1. The Kier molecular flexibility index (Phi) is 4.84. The molecule has 2 N–H and O–H groups in total. The van der Waals surface area contributed by atoms with Gasteiger partial charge in [0, 0.05) is 4.47 Å². The molecule has 0 radical (unpaired) electrons. The summed E-state index contributed by atoms with van der Waals surface area (Å²) in [6.45, 7) is 2.03. The minimum atomic E-state index is 0.593. The maximum Gasteiger partial charge on any atom is 0.0969 e. The van der Waals surface area contributed by atoms with Crippen LogP contribution in [0, 0.1) is 11.3 Å².